The van der Waals surface area contributed by atoms with Crippen LogP contribution in [0.3, 0.4) is 0 Å². The molecule has 0 unspecified atom stereocenters. The molecule has 0 radical (unpaired) electrons. The number of carbonyl (C=O) groups is 2. The molecule has 0 saturated carbocycles. The van der Waals surface area contributed by atoms with Crippen molar-refractivity contribution in [2.75, 3.05) is 13.2 Å². The van der Waals surface area contributed by atoms with Gasteiger partial charge < -0.3 is 14.2 Å². The van der Waals surface area contributed by atoms with Gasteiger partial charge >= 0.3 is 11.9 Å². The molecular weight excluding hydrogens is 248 g/mol. The summed E-state index contributed by atoms with van der Waals surface area (Å²) in [7, 11) is 0. The Balaban J connectivity index is 2.41. The molecule has 0 atom stereocenters. The third-order valence-electron chi connectivity index (χ3n) is 2.73. The second-order valence-corrected chi connectivity index (χ2v) is 4.23. The zero-order valence-corrected chi connectivity index (χ0v) is 11.0. The van der Waals surface area contributed by atoms with Gasteiger partial charge in [-0.25, -0.2) is 4.79 Å². The zero-order chi connectivity index (χ0) is 13.8. The SMILES string of the molecule is CCOC(=O)c1cc2c(c(OC(C)=O)c1)OCCC2. The molecule has 102 valence electrons. The lowest BCUT2D eigenvalue weighted by Gasteiger charge is -2.20. The average molecular weight is 264 g/mol. The Kier molecular flexibility index (Phi) is 4.04. The predicted octanol–water partition coefficient (Wildman–Crippen LogP) is 2.11. The van der Waals surface area contributed by atoms with Crippen LogP contribution in [0.1, 0.15) is 36.2 Å². The summed E-state index contributed by atoms with van der Waals surface area (Å²) in [5.74, 6) is -0.0380. The summed E-state index contributed by atoms with van der Waals surface area (Å²) in [6.45, 7) is 3.94. The smallest absolute Gasteiger partial charge is 0.338 e. The van der Waals surface area contributed by atoms with Crippen molar-refractivity contribution < 1.29 is 23.8 Å². The number of fused-ring (bicyclic) bond motifs is 1. The van der Waals surface area contributed by atoms with Crippen LogP contribution in [0, 0.1) is 0 Å². The van der Waals surface area contributed by atoms with Crippen LogP contribution in [-0.2, 0) is 16.0 Å². The summed E-state index contributed by atoms with van der Waals surface area (Å²) in [6.07, 6.45) is 1.66. The van der Waals surface area contributed by atoms with Crippen LogP contribution in [0.25, 0.3) is 0 Å². The fraction of sp³-hybridized carbons (Fsp3) is 0.429. The quantitative estimate of drug-likeness (QED) is 0.618. The summed E-state index contributed by atoms with van der Waals surface area (Å²) in [5.41, 5.74) is 1.25. The predicted molar refractivity (Wildman–Crippen MR) is 67.5 cm³/mol. The molecule has 0 aromatic heterocycles. The number of aryl methyl sites for hydroxylation is 1. The number of hydrogen-bond acceptors (Lipinski definition) is 5. The van der Waals surface area contributed by atoms with Crippen molar-refractivity contribution in [3.05, 3.63) is 23.3 Å². The van der Waals surface area contributed by atoms with Gasteiger partial charge in [0.15, 0.2) is 11.5 Å². The van der Waals surface area contributed by atoms with Crippen molar-refractivity contribution in [3.8, 4) is 11.5 Å². The van der Waals surface area contributed by atoms with Gasteiger partial charge in [0.05, 0.1) is 18.8 Å². The van der Waals surface area contributed by atoms with Crippen LogP contribution in [0.5, 0.6) is 11.5 Å². The topological polar surface area (TPSA) is 61.8 Å². The minimum Gasteiger partial charge on any atom is -0.489 e. The minimum absolute atomic E-state index is 0.285. The number of rotatable bonds is 3. The molecule has 0 amide bonds. The van der Waals surface area contributed by atoms with Crippen molar-refractivity contribution in [1.29, 1.82) is 0 Å². The Morgan fingerprint density at radius 3 is 2.84 bits per heavy atom. The number of esters is 2. The molecule has 5 heteroatoms. The van der Waals surface area contributed by atoms with E-state index in [-0.39, 0.29) is 5.75 Å². The molecule has 1 aromatic rings. The molecule has 0 saturated heterocycles. The van der Waals surface area contributed by atoms with Gasteiger partial charge in [-0.15, -0.1) is 0 Å². The van der Waals surface area contributed by atoms with E-state index in [4.69, 9.17) is 14.2 Å². The summed E-state index contributed by atoms with van der Waals surface area (Å²) in [5, 5.41) is 0. The van der Waals surface area contributed by atoms with E-state index in [0.717, 1.165) is 18.4 Å². The van der Waals surface area contributed by atoms with E-state index in [0.29, 0.717) is 24.5 Å². The molecular formula is C14H16O5. The first-order chi connectivity index (χ1) is 9.11. The van der Waals surface area contributed by atoms with Gasteiger partial charge in [0, 0.05) is 6.92 Å². The second kappa shape index (κ2) is 5.73. The third kappa shape index (κ3) is 3.05. The molecule has 0 fully saturated rings. The summed E-state index contributed by atoms with van der Waals surface area (Å²) >= 11 is 0. The number of carbonyl (C=O) groups excluding carboxylic acids is 2. The molecule has 1 heterocycles. The standard InChI is InChI=1S/C14H16O5/c1-3-17-14(16)11-7-10-5-4-6-18-13(10)12(8-11)19-9(2)15/h7-8H,3-6H2,1-2H3. The van der Waals surface area contributed by atoms with E-state index >= 15 is 0 Å². The normalized spacial score (nSPS) is 13.2. The van der Waals surface area contributed by atoms with Gasteiger partial charge in [0.2, 0.25) is 0 Å². The first-order valence-corrected chi connectivity index (χ1v) is 6.27. The number of benzene rings is 1. The number of hydrogen-bond donors (Lipinski definition) is 0. The minimum atomic E-state index is -0.447. The van der Waals surface area contributed by atoms with Gasteiger partial charge in [-0.2, -0.15) is 0 Å². The van der Waals surface area contributed by atoms with Crippen LogP contribution in [0.2, 0.25) is 0 Å². The Labute approximate surface area is 111 Å². The maximum atomic E-state index is 11.8. The Hall–Kier alpha value is -2.04. The van der Waals surface area contributed by atoms with Crippen molar-refractivity contribution >= 4 is 11.9 Å². The average Bonchev–Trinajstić information content (AvgIpc) is 2.38. The lowest BCUT2D eigenvalue weighted by molar-refractivity contribution is -0.132. The Morgan fingerprint density at radius 1 is 1.37 bits per heavy atom. The lowest BCUT2D eigenvalue weighted by Crippen LogP contribution is -2.14. The van der Waals surface area contributed by atoms with Crippen molar-refractivity contribution in [1.82, 2.24) is 0 Å². The highest BCUT2D eigenvalue weighted by Crippen LogP contribution is 2.36. The van der Waals surface area contributed by atoms with Crippen LogP contribution >= 0.6 is 0 Å². The van der Waals surface area contributed by atoms with Gasteiger partial charge in [-0.1, -0.05) is 0 Å². The molecule has 1 aliphatic heterocycles. The van der Waals surface area contributed by atoms with E-state index in [2.05, 4.69) is 0 Å². The van der Waals surface area contributed by atoms with E-state index in [1.165, 1.54) is 13.0 Å². The van der Waals surface area contributed by atoms with Crippen LogP contribution in [0.4, 0.5) is 0 Å². The lowest BCUT2D eigenvalue weighted by atomic mass is 10.0. The molecule has 0 bridgehead atoms. The fourth-order valence-electron chi connectivity index (χ4n) is 2.01. The van der Waals surface area contributed by atoms with E-state index in [1.807, 2.05) is 0 Å². The third-order valence-corrected chi connectivity index (χ3v) is 2.73. The van der Waals surface area contributed by atoms with Crippen molar-refractivity contribution in [2.24, 2.45) is 0 Å². The van der Waals surface area contributed by atoms with E-state index in [1.54, 1.807) is 13.0 Å². The maximum Gasteiger partial charge on any atom is 0.338 e. The van der Waals surface area contributed by atoms with Gasteiger partial charge in [0.25, 0.3) is 0 Å². The molecule has 1 aliphatic rings. The molecule has 5 nitrogen and oxygen atoms in total. The second-order valence-electron chi connectivity index (χ2n) is 4.23. The largest absolute Gasteiger partial charge is 0.489 e. The van der Waals surface area contributed by atoms with E-state index in [9.17, 15) is 9.59 Å². The van der Waals surface area contributed by atoms with E-state index < -0.39 is 11.9 Å². The highest BCUT2D eigenvalue weighted by molar-refractivity contribution is 5.91. The summed E-state index contributed by atoms with van der Waals surface area (Å²) < 4.78 is 15.6. The maximum absolute atomic E-state index is 11.8. The molecule has 19 heavy (non-hydrogen) atoms. The highest BCUT2D eigenvalue weighted by Gasteiger charge is 2.21. The Morgan fingerprint density at radius 2 is 2.16 bits per heavy atom. The van der Waals surface area contributed by atoms with Crippen LogP contribution in [0.15, 0.2) is 12.1 Å². The van der Waals surface area contributed by atoms with Gasteiger partial charge in [-0.3, -0.25) is 4.79 Å². The van der Waals surface area contributed by atoms with Crippen LogP contribution in [-0.4, -0.2) is 25.2 Å². The molecule has 2 rings (SSSR count). The molecule has 1 aromatic carbocycles. The molecule has 0 spiro atoms. The van der Waals surface area contributed by atoms with Gasteiger partial charge in [0.1, 0.15) is 0 Å². The first kappa shape index (κ1) is 13.4. The van der Waals surface area contributed by atoms with Crippen molar-refractivity contribution in [2.45, 2.75) is 26.7 Å². The van der Waals surface area contributed by atoms with Crippen molar-refractivity contribution in [3.63, 3.8) is 0 Å². The number of ether oxygens (including phenoxy) is 3. The van der Waals surface area contributed by atoms with Crippen LogP contribution < -0.4 is 9.47 Å². The fourth-order valence-corrected chi connectivity index (χ4v) is 2.01. The van der Waals surface area contributed by atoms with Gasteiger partial charge in [-0.05, 0) is 37.5 Å². The monoisotopic (exact) mass is 264 g/mol. The molecule has 0 N–H and O–H groups in total. The molecule has 0 aliphatic carbocycles. The summed E-state index contributed by atoms with van der Waals surface area (Å²) in [6, 6.07) is 3.23. The first-order valence-electron chi connectivity index (χ1n) is 6.27. The Bertz CT molecular complexity index is 507. The summed E-state index contributed by atoms with van der Waals surface area (Å²) in [4.78, 5) is 22.9. The highest BCUT2D eigenvalue weighted by atomic mass is 16.6. The zero-order valence-electron chi connectivity index (χ0n) is 11.0.